The lowest BCUT2D eigenvalue weighted by atomic mass is 10.1. The number of aliphatic hydroxyl groups excluding tert-OH is 2. The molecule has 1 aromatic heterocycles. The summed E-state index contributed by atoms with van der Waals surface area (Å²) in [6, 6.07) is 7.82. The largest absolute Gasteiger partial charge is 0.395 e. The second-order valence-electron chi connectivity index (χ2n) is 4.00. The molecule has 0 amide bonds. The molecule has 0 aliphatic carbocycles. The predicted octanol–water partition coefficient (Wildman–Crippen LogP) is 0.678. The minimum Gasteiger partial charge on any atom is -0.395 e. The third kappa shape index (κ3) is 3.00. The molecule has 4 nitrogen and oxygen atoms in total. The molecule has 0 spiro atoms. The Hall–Kier alpha value is -1.49. The lowest BCUT2D eigenvalue weighted by Crippen LogP contribution is -2.35. The van der Waals surface area contributed by atoms with Crippen LogP contribution in [-0.4, -0.2) is 34.5 Å². The minimum absolute atomic E-state index is 0.0615. The summed E-state index contributed by atoms with van der Waals surface area (Å²) in [5, 5.41) is 23.2. The average Bonchev–Trinajstić information content (AvgIpc) is 2.40. The van der Waals surface area contributed by atoms with E-state index in [0.717, 1.165) is 16.3 Å². The highest BCUT2D eigenvalue weighted by Crippen LogP contribution is 2.14. The van der Waals surface area contributed by atoms with Gasteiger partial charge in [0.2, 0.25) is 0 Å². The molecule has 1 aromatic carbocycles. The van der Waals surface area contributed by atoms with Crippen molar-refractivity contribution in [3.63, 3.8) is 0 Å². The first-order valence-electron chi connectivity index (χ1n) is 5.61. The van der Waals surface area contributed by atoms with Gasteiger partial charge < -0.3 is 15.5 Å². The van der Waals surface area contributed by atoms with Crippen molar-refractivity contribution in [3.05, 3.63) is 42.2 Å². The van der Waals surface area contributed by atoms with E-state index in [0.29, 0.717) is 6.54 Å². The Balaban J connectivity index is 2.09. The zero-order valence-electron chi connectivity index (χ0n) is 9.50. The van der Waals surface area contributed by atoms with Crippen LogP contribution in [0.25, 0.3) is 10.8 Å². The number of aliphatic hydroxyl groups is 2. The zero-order valence-corrected chi connectivity index (χ0v) is 9.50. The van der Waals surface area contributed by atoms with E-state index in [9.17, 15) is 0 Å². The highest BCUT2D eigenvalue weighted by atomic mass is 16.3. The second-order valence-corrected chi connectivity index (χ2v) is 4.00. The van der Waals surface area contributed by atoms with E-state index < -0.39 is 0 Å². The second kappa shape index (κ2) is 5.72. The fourth-order valence-electron chi connectivity index (χ4n) is 1.69. The molecule has 0 aliphatic heterocycles. The third-order valence-corrected chi connectivity index (χ3v) is 2.74. The molecule has 0 saturated heterocycles. The highest BCUT2D eigenvalue weighted by Gasteiger charge is 2.04. The van der Waals surface area contributed by atoms with Gasteiger partial charge in [0.1, 0.15) is 0 Å². The molecular weight excluding hydrogens is 216 g/mol. The zero-order chi connectivity index (χ0) is 12.1. The van der Waals surface area contributed by atoms with E-state index in [-0.39, 0.29) is 19.3 Å². The van der Waals surface area contributed by atoms with Gasteiger partial charge in [-0.1, -0.05) is 12.1 Å². The topological polar surface area (TPSA) is 65.4 Å². The number of pyridine rings is 1. The maximum Gasteiger partial charge on any atom is 0.0607 e. The average molecular weight is 232 g/mol. The van der Waals surface area contributed by atoms with Crippen LogP contribution in [0.3, 0.4) is 0 Å². The molecule has 90 valence electrons. The quantitative estimate of drug-likeness (QED) is 0.709. The minimum atomic E-state index is -0.261. The van der Waals surface area contributed by atoms with Gasteiger partial charge in [0.05, 0.1) is 19.3 Å². The Morgan fingerprint density at radius 3 is 2.71 bits per heavy atom. The molecule has 0 atom stereocenters. The normalized spacial score (nSPS) is 11.2. The van der Waals surface area contributed by atoms with Crippen LogP contribution < -0.4 is 5.32 Å². The first kappa shape index (κ1) is 12.0. The first-order valence-corrected chi connectivity index (χ1v) is 5.61. The standard InChI is InChI=1S/C13H16N2O2/c16-8-13(9-17)15-6-10-1-2-12-7-14-4-3-11(12)5-10/h1-5,7,13,15-17H,6,8-9H2. The van der Waals surface area contributed by atoms with Gasteiger partial charge in [0.15, 0.2) is 0 Å². The number of hydrogen-bond donors (Lipinski definition) is 3. The fraction of sp³-hybridized carbons (Fsp3) is 0.308. The monoisotopic (exact) mass is 232 g/mol. The lowest BCUT2D eigenvalue weighted by Gasteiger charge is -2.13. The number of fused-ring (bicyclic) bond motifs is 1. The van der Waals surface area contributed by atoms with Gasteiger partial charge in [0.25, 0.3) is 0 Å². The summed E-state index contributed by atoms with van der Waals surface area (Å²) in [4.78, 5) is 4.06. The summed E-state index contributed by atoms with van der Waals surface area (Å²) in [7, 11) is 0. The molecule has 0 aliphatic rings. The van der Waals surface area contributed by atoms with Crippen LogP contribution in [-0.2, 0) is 6.54 Å². The Morgan fingerprint density at radius 2 is 1.94 bits per heavy atom. The van der Waals surface area contributed by atoms with Gasteiger partial charge in [-0.25, -0.2) is 0 Å². The van der Waals surface area contributed by atoms with Gasteiger partial charge in [0, 0.05) is 24.3 Å². The summed E-state index contributed by atoms with van der Waals surface area (Å²) < 4.78 is 0. The van der Waals surface area contributed by atoms with Crippen molar-refractivity contribution in [2.24, 2.45) is 0 Å². The molecule has 0 fully saturated rings. The number of nitrogens with zero attached hydrogens (tertiary/aromatic N) is 1. The molecule has 3 N–H and O–H groups in total. The van der Waals surface area contributed by atoms with Crippen molar-refractivity contribution >= 4 is 10.8 Å². The molecule has 0 unspecified atom stereocenters. The summed E-state index contributed by atoms with van der Waals surface area (Å²) in [5.74, 6) is 0. The van der Waals surface area contributed by atoms with Crippen LogP contribution in [0.15, 0.2) is 36.7 Å². The van der Waals surface area contributed by atoms with Crippen molar-refractivity contribution in [1.82, 2.24) is 10.3 Å². The number of aromatic nitrogens is 1. The van der Waals surface area contributed by atoms with Crippen LogP contribution in [0.2, 0.25) is 0 Å². The SMILES string of the molecule is OCC(CO)NCc1ccc2cnccc2c1. The Bertz CT molecular complexity index is 484. The van der Waals surface area contributed by atoms with Crippen molar-refractivity contribution in [2.45, 2.75) is 12.6 Å². The maximum absolute atomic E-state index is 8.95. The van der Waals surface area contributed by atoms with Crippen molar-refractivity contribution in [1.29, 1.82) is 0 Å². The van der Waals surface area contributed by atoms with Crippen LogP contribution in [0.5, 0.6) is 0 Å². The molecule has 2 aromatic rings. The summed E-state index contributed by atoms with van der Waals surface area (Å²) in [6.45, 7) is 0.506. The first-order chi connectivity index (χ1) is 8.33. The van der Waals surface area contributed by atoms with E-state index in [1.807, 2.05) is 24.4 Å². The van der Waals surface area contributed by atoms with Crippen LogP contribution >= 0.6 is 0 Å². The molecule has 0 radical (unpaired) electrons. The molecule has 17 heavy (non-hydrogen) atoms. The van der Waals surface area contributed by atoms with Crippen molar-refractivity contribution in [2.75, 3.05) is 13.2 Å². The fourth-order valence-corrected chi connectivity index (χ4v) is 1.69. The number of benzene rings is 1. The molecule has 0 saturated carbocycles. The summed E-state index contributed by atoms with van der Waals surface area (Å²) in [6.07, 6.45) is 3.60. The number of hydrogen-bond acceptors (Lipinski definition) is 4. The molecule has 1 heterocycles. The van der Waals surface area contributed by atoms with E-state index in [1.165, 1.54) is 0 Å². The van der Waals surface area contributed by atoms with Crippen LogP contribution in [0.4, 0.5) is 0 Å². The molecule has 2 rings (SSSR count). The van der Waals surface area contributed by atoms with E-state index in [1.54, 1.807) is 6.20 Å². The van der Waals surface area contributed by atoms with E-state index >= 15 is 0 Å². The van der Waals surface area contributed by atoms with Crippen molar-refractivity contribution in [3.8, 4) is 0 Å². The summed E-state index contributed by atoms with van der Waals surface area (Å²) in [5.41, 5.74) is 1.12. The molecule has 0 bridgehead atoms. The highest BCUT2D eigenvalue weighted by molar-refractivity contribution is 5.81. The van der Waals surface area contributed by atoms with Gasteiger partial charge in [-0.05, 0) is 23.1 Å². The third-order valence-electron chi connectivity index (χ3n) is 2.74. The Labute approximate surface area is 99.9 Å². The van der Waals surface area contributed by atoms with Gasteiger partial charge >= 0.3 is 0 Å². The van der Waals surface area contributed by atoms with Gasteiger partial charge in [-0.2, -0.15) is 0 Å². The Kier molecular flexibility index (Phi) is 4.03. The van der Waals surface area contributed by atoms with E-state index in [4.69, 9.17) is 10.2 Å². The van der Waals surface area contributed by atoms with Crippen LogP contribution in [0.1, 0.15) is 5.56 Å². The smallest absolute Gasteiger partial charge is 0.0607 e. The number of rotatable bonds is 5. The molecular formula is C13H16N2O2. The van der Waals surface area contributed by atoms with Gasteiger partial charge in [-0.15, -0.1) is 0 Å². The summed E-state index contributed by atoms with van der Waals surface area (Å²) >= 11 is 0. The number of nitrogens with one attached hydrogen (secondary N) is 1. The van der Waals surface area contributed by atoms with Gasteiger partial charge in [-0.3, -0.25) is 4.98 Å². The Morgan fingerprint density at radius 1 is 1.12 bits per heavy atom. The lowest BCUT2D eigenvalue weighted by molar-refractivity contribution is 0.170. The van der Waals surface area contributed by atoms with E-state index in [2.05, 4.69) is 16.4 Å². The maximum atomic E-state index is 8.95. The predicted molar refractivity (Wildman–Crippen MR) is 66.5 cm³/mol. The van der Waals surface area contributed by atoms with Crippen molar-refractivity contribution < 1.29 is 10.2 Å². The molecule has 4 heteroatoms. The van der Waals surface area contributed by atoms with Crippen LogP contribution in [0, 0.1) is 0 Å².